The topological polar surface area (TPSA) is 132 Å². The molecule has 0 aromatic heterocycles. The van der Waals surface area contributed by atoms with E-state index in [1.807, 2.05) is 0 Å². The number of ether oxygens (including phenoxy) is 3. The third kappa shape index (κ3) is 9.24. The largest absolute Gasteiger partial charge is 0.490 e. The highest BCUT2D eigenvalue weighted by Crippen LogP contribution is 2.15. The lowest BCUT2D eigenvalue weighted by atomic mass is 10.0. The van der Waals surface area contributed by atoms with Crippen molar-refractivity contribution in [3.05, 3.63) is 42.0 Å². The number of amides is 3. The number of rotatable bonds is 3. The minimum Gasteiger partial charge on any atom is -0.490 e. The molecule has 2 aliphatic heterocycles. The van der Waals surface area contributed by atoms with Crippen molar-refractivity contribution in [2.75, 3.05) is 13.7 Å². The van der Waals surface area contributed by atoms with Crippen LogP contribution in [0.2, 0.25) is 0 Å². The molecule has 3 N–H and O–H groups in total. The molecule has 2 heterocycles. The number of hydrogen-bond acceptors (Lipinski definition) is 7. The van der Waals surface area contributed by atoms with Crippen molar-refractivity contribution >= 4 is 23.9 Å². The van der Waals surface area contributed by atoms with E-state index in [9.17, 15) is 19.2 Å². The first-order valence-corrected chi connectivity index (χ1v) is 11.9. The van der Waals surface area contributed by atoms with E-state index in [1.54, 1.807) is 71.0 Å². The number of carbonyl (C=O) groups excluding carboxylic acids is 4. The number of hydrogen-bond donors (Lipinski definition) is 3. The molecular formula is C26H37N3O7. The highest BCUT2D eigenvalue weighted by molar-refractivity contribution is 5.93. The van der Waals surface area contributed by atoms with Crippen molar-refractivity contribution in [3.63, 3.8) is 0 Å². The number of methoxy groups -OCH3 is 1. The van der Waals surface area contributed by atoms with Crippen LogP contribution in [0.4, 0.5) is 4.79 Å². The van der Waals surface area contributed by atoms with E-state index in [-0.39, 0.29) is 25.4 Å². The zero-order valence-electron chi connectivity index (χ0n) is 21.8. The third-order valence-corrected chi connectivity index (χ3v) is 5.30. The van der Waals surface area contributed by atoms with Gasteiger partial charge in [-0.25, -0.2) is 9.59 Å². The van der Waals surface area contributed by atoms with Crippen LogP contribution in [0.5, 0.6) is 5.75 Å². The zero-order valence-corrected chi connectivity index (χ0v) is 21.8. The highest BCUT2D eigenvalue weighted by atomic mass is 16.6. The predicted molar refractivity (Wildman–Crippen MR) is 133 cm³/mol. The molecule has 0 unspecified atom stereocenters. The van der Waals surface area contributed by atoms with Gasteiger partial charge in [-0.05, 0) is 50.8 Å². The Morgan fingerprint density at radius 1 is 1.06 bits per heavy atom. The normalized spacial score (nSPS) is 21.6. The standard InChI is InChI=1S/C26H37N3O7/c1-16(2)21-23(31)27-19(24(32)34-6)9-7-8-14-35-18-12-10-17(11-13-18)15-20(22(30)29-21)28-25(33)36-26(3,4)5/h7-8,10-13,16,19-21H,9,14-15H2,1-6H3,(H,27,31)(H,28,33)(H,29,30)/t19-,20-,21-/m0/s1. The Kier molecular flexibility index (Phi) is 10.3. The summed E-state index contributed by atoms with van der Waals surface area (Å²) in [5.74, 6) is -1.40. The molecule has 0 spiro atoms. The monoisotopic (exact) mass is 503 g/mol. The average molecular weight is 504 g/mol. The van der Waals surface area contributed by atoms with E-state index >= 15 is 0 Å². The predicted octanol–water partition coefficient (Wildman–Crippen LogP) is 2.26. The van der Waals surface area contributed by atoms with Crippen molar-refractivity contribution < 1.29 is 33.4 Å². The number of fused-ring (bicyclic) bond motifs is 13. The second-order valence-corrected chi connectivity index (χ2v) is 9.88. The van der Waals surface area contributed by atoms with Crippen molar-refractivity contribution in [2.45, 2.75) is 71.2 Å². The summed E-state index contributed by atoms with van der Waals surface area (Å²) < 4.78 is 15.8. The van der Waals surface area contributed by atoms with Gasteiger partial charge in [0.25, 0.3) is 0 Å². The Morgan fingerprint density at radius 3 is 2.31 bits per heavy atom. The second kappa shape index (κ2) is 12.9. The van der Waals surface area contributed by atoms with Gasteiger partial charge in [-0.2, -0.15) is 0 Å². The molecular weight excluding hydrogens is 466 g/mol. The minimum atomic E-state index is -1.02. The first-order valence-electron chi connectivity index (χ1n) is 11.9. The van der Waals surface area contributed by atoms with Crippen LogP contribution >= 0.6 is 0 Å². The van der Waals surface area contributed by atoms with Gasteiger partial charge in [0, 0.05) is 6.42 Å². The van der Waals surface area contributed by atoms with Crippen LogP contribution in [-0.4, -0.2) is 61.3 Å². The first-order chi connectivity index (χ1) is 16.9. The third-order valence-electron chi connectivity index (χ3n) is 5.30. The van der Waals surface area contributed by atoms with Crippen molar-refractivity contribution in [3.8, 4) is 5.75 Å². The molecule has 3 rings (SSSR count). The molecule has 198 valence electrons. The summed E-state index contributed by atoms with van der Waals surface area (Å²) in [6, 6.07) is 4.21. The molecule has 0 saturated carbocycles. The summed E-state index contributed by atoms with van der Waals surface area (Å²) in [4.78, 5) is 51.2. The Hall–Kier alpha value is -3.56. The fourth-order valence-corrected chi connectivity index (χ4v) is 3.47. The van der Waals surface area contributed by atoms with Crippen molar-refractivity contribution in [1.29, 1.82) is 0 Å². The van der Waals surface area contributed by atoms with Gasteiger partial charge in [0.1, 0.15) is 36.1 Å². The Bertz CT molecular complexity index is 951. The Balaban J connectivity index is 2.38. The maximum absolute atomic E-state index is 13.3. The van der Waals surface area contributed by atoms with E-state index in [4.69, 9.17) is 14.2 Å². The summed E-state index contributed by atoms with van der Waals surface area (Å²) >= 11 is 0. The molecule has 3 atom stereocenters. The van der Waals surface area contributed by atoms with Crippen LogP contribution in [-0.2, 0) is 30.3 Å². The van der Waals surface area contributed by atoms with E-state index in [1.165, 1.54) is 7.11 Å². The lowest BCUT2D eigenvalue weighted by Crippen LogP contribution is -2.58. The molecule has 0 aliphatic carbocycles. The van der Waals surface area contributed by atoms with Gasteiger partial charge in [0.15, 0.2) is 0 Å². The zero-order chi connectivity index (χ0) is 26.9. The molecule has 0 saturated heterocycles. The van der Waals surface area contributed by atoms with Crippen LogP contribution in [0.1, 0.15) is 46.6 Å². The molecule has 0 radical (unpaired) electrons. The lowest BCUT2D eigenvalue weighted by Gasteiger charge is -2.27. The highest BCUT2D eigenvalue weighted by Gasteiger charge is 2.32. The molecule has 3 amide bonds. The lowest BCUT2D eigenvalue weighted by molar-refractivity contribution is -0.145. The fraction of sp³-hybridized carbons (Fsp3) is 0.538. The number of esters is 1. The summed E-state index contributed by atoms with van der Waals surface area (Å²) in [7, 11) is 1.24. The molecule has 10 heteroatoms. The van der Waals surface area contributed by atoms with Crippen LogP contribution < -0.4 is 20.7 Å². The maximum Gasteiger partial charge on any atom is 0.408 e. The molecule has 1 aromatic carbocycles. The molecule has 0 fully saturated rings. The van der Waals surface area contributed by atoms with Gasteiger partial charge in [-0.3, -0.25) is 9.59 Å². The van der Waals surface area contributed by atoms with Gasteiger partial charge in [0.05, 0.1) is 7.11 Å². The first kappa shape index (κ1) is 28.7. The summed E-state index contributed by atoms with van der Waals surface area (Å²) in [5, 5.41) is 8.01. The van der Waals surface area contributed by atoms with E-state index < -0.39 is 47.6 Å². The molecule has 10 nitrogen and oxygen atoms in total. The van der Waals surface area contributed by atoms with Crippen LogP contribution in [0, 0.1) is 5.92 Å². The van der Waals surface area contributed by atoms with Crippen LogP contribution in [0.3, 0.4) is 0 Å². The number of nitrogens with one attached hydrogen (secondary N) is 3. The Labute approximate surface area is 212 Å². The van der Waals surface area contributed by atoms with Crippen molar-refractivity contribution in [1.82, 2.24) is 16.0 Å². The SMILES string of the molecule is COC(=O)[C@@H]1CC=CCOc2ccc(cc2)C[C@H](NC(=O)OC(C)(C)C)C(=O)N[C@@H](C(C)C)C(=O)N1. The smallest absolute Gasteiger partial charge is 0.408 e. The van der Waals surface area contributed by atoms with Crippen LogP contribution in [0.15, 0.2) is 36.4 Å². The number of benzene rings is 1. The number of alkyl carbamates (subject to hydrolysis) is 1. The summed E-state index contributed by atoms with van der Waals surface area (Å²) in [5.41, 5.74) is 0.0166. The quantitative estimate of drug-likeness (QED) is 0.426. The Morgan fingerprint density at radius 2 is 1.72 bits per heavy atom. The molecule has 36 heavy (non-hydrogen) atoms. The minimum absolute atomic E-state index is 0.155. The van der Waals surface area contributed by atoms with E-state index in [0.29, 0.717) is 5.75 Å². The summed E-state index contributed by atoms with van der Waals surface area (Å²) in [6.45, 7) is 8.97. The molecule has 2 bridgehead atoms. The van der Waals surface area contributed by atoms with Gasteiger partial charge in [-0.15, -0.1) is 0 Å². The van der Waals surface area contributed by atoms with Gasteiger partial charge in [0.2, 0.25) is 11.8 Å². The average Bonchev–Trinajstić information content (AvgIpc) is 2.79. The van der Waals surface area contributed by atoms with Crippen molar-refractivity contribution in [2.24, 2.45) is 5.92 Å². The van der Waals surface area contributed by atoms with Crippen LogP contribution in [0.25, 0.3) is 0 Å². The summed E-state index contributed by atoms with van der Waals surface area (Å²) in [6.07, 6.45) is 3.05. The molecule has 2 aliphatic rings. The molecule has 1 aromatic rings. The van der Waals surface area contributed by atoms with E-state index in [2.05, 4.69) is 16.0 Å². The second-order valence-electron chi connectivity index (χ2n) is 9.88. The maximum atomic E-state index is 13.3. The fourth-order valence-electron chi connectivity index (χ4n) is 3.47. The van der Waals surface area contributed by atoms with E-state index in [0.717, 1.165) is 5.56 Å². The van der Waals surface area contributed by atoms with Gasteiger partial charge in [-0.1, -0.05) is 38.1 Å². The van der Waals surface area contributed by atoms with Gasteiger partial charge >= 0.3 is 12.1 Å². The number of carbonyl (C=O) groups is 4. The van der Waals surface area contributed by atoms with Gasteiger partial charge < -0.3 is 30.2 Å².